The van der Waals surface area contributed by atoms with E-state index in [2.05, 4.69) is 46.7 Å². The maximum absolute atomic E-state index is 12.4. The fourth-order valence-corrected chi connectivity index (χ4v) is 2.65. The molecule has 0 fully saturated rings. The Morgan fingerprint density at radius 1 is 1.08 bits per heavy atom. The molecular weight excluding hydrogens is 328 g/mol. The molecular formula is C20H20N4O2. The van der Waals surface area contributed by atoms with Gasteiger partial charge in [-0.05, 0) is 30.0 Å². The van der Waals surface area contributed by atoms with Crippen molar-refractivity contribution in [2.45, 2.75) is 26.7 Å². The summed E-state index contributed by atoms with van der Waals surface area (Å²) in [7, 11) is 0. The Morgan fingerprint density at radius 3 is 2.38 bits per heavy atom. The van der Waals surface area contributed by atoms with E-state index in [9.17, 15) is 9.59 Å². The molecule has 0 aliphatic heterocycles. The lowest BCUT2D eigenvalue weighted by Crippen LogP contribution is -2.23. The summed E-state index contributed by atoms with van der Waals surface area (Å²) in [4.78, 5) is 24.2. The number of nitrogens with one attached hydrogen (secondary N) is 2. The van der Waals surface area contributed by atoms with Gasteiger partial charge in [0.25, 0.3) is 11.5 Å². The van der Waals surface area contributed by atoms with Crippen LogP contribution in [0.2, 0.25) is 0 Å². The summed E-state index contributed by atoms with van der Waals surface area (Å²) in [5.41, 5.74) is 5.16. The van der Waals surface area contributed by atoms with Crippen molar-refractivity contribution in [3.8, 4) is 0 Å². The van der Waals surface area contributed by atoms with Crippen LogP contribution in [0.5, 0.6) is 0 Å². The summed E-state index contributed by atoms with van der Waals surface area (Å²) in [5.74, 6) is -0.0174. The van der Waals surface area contributed by atoms with Crippen LogP contribution in [-0.4, -0.2) is 21.8 Å². The summed E-state index contributed by atoms with van der Waals surface area (Å²) in [5, 5.41) is 11.3. The van der Waals surface area contributed by atoms with Crippen molar-refractivity contribution in [1.29, 1.82) is 0 Å². The lowest BCUT2D eigenvalue weighted by Gasteiger charge is -2.07. The Balaban J connectivity index is 1.83. The van der Waals surface area contributed by atoms with Gasteiger partial charge in [0.1, 0.15) is 0 Å². The first-order chi connectivity index (χ1) is 12.5. The van der Waals surface area contributed by atoms with E-state index in [4.69, 9.17) is 0 Å². The third-order valence-corrected chi connectivity index (χ3v) is 4.23. The number of hydrazone groups is 1. The monoisotopic (exact) mass is 348 g/mol. The van der Waals surface area contributed by atoms with Crippen molar-refractivity contribution in [2.75, 3.05) is 0 Å². The predicted octanol–water partition coefficient (Wildman–Crippen LogP) is 3.20. The summed E-state index contributed by atoms with van der Waals surface area (Å²) in [6.45, 7) is 6.10. The molecule has 0 saturated carbocycles. The third-order valence-electron chi connectivity index (χ3n) is 4.23. The molecule has 3 aromatic rings. The van der Waals surface area contributed by atoms with Gasteiger partial charge in [-0.2, -0.15) is 10.2 Å². The van der Waals surface area contributed by atoms with Crippen LogP contribution in [0, 0.1) is 0 Å². The van der Waals surface area contributed by atoms with Crippen molar-refractivity contribution in [2.24, 2.45) is 5.10 Å². The minimum absolute atomic E-state index is 0.131. The zero-order valence-corrected chi connectivity index (χ0v) is 14.9. The van der Waals surface area contributed by atoms with E-state index in [0.29, 0.717) is 22.4 Å². The molecule has 132 valence electrons. The SMILES string of the molecule is C/C(=N/NC(=O)c1n[nH]c(=O)c2ccccc12)c1ccc(C(C)C)cc1. The fraction of sp³-hybridized carbons (Fsp3) is 0.200. The first-order valence-electron chi connectivity index (χ1n) is 8.39. The maximum Gasteiger partial charge on any atom is 0.292 e. The van der Waals surface area contributed by atoms with E-state index >= 15 is 0 Å². The van der Waals surface area contributed by atoms with Gasteiger partial charge in [0.2, 0.25) is 0 Å². The molecule has 0 atom stereocenters. The van der Waals surface area contributed by atoms with Crippen LogP contribution in [0.4, 0.5) is 0 Å². The van der Waals surface area contributed by atoms with E-state index < -0.39 is 5.91 Å². The van der Waals surface area contributed by atoms with Gasteiger partial charge >= 0.3 is 0 Å². The average Bonchev–Trinajstić information content (AvgIpc) is 2.66. The topological polar surface area (TPSA) is 87.2 Å². The van der Waals surface area contributed by atoms with Crippen LogP contribution in [-0.2, 0) is 0 Å². The Bertz CT molecular complexity index is 1030. The quantitative estimate of drug-likeness (QED) is 0.561. The van der Waals surface area contributed by atoms with Gasteiger partial charge in [0.05, 0.1) is 11.1 Å². The zero-order valence-electron chi connectivity index (χ0n) is 14.9. The van der Waals surface area contributed by atoms with Crippen LogP contribution in [0.15, 0.2) is 58.4 Å². The molecule has 0 unspecified atom stereocenters. The highest BCUT2D eigenvalue weighted by Gasteiger charge is 2.13. The van der Waals surface area contributed by atoms with Crippen molar-refractivity contribution < 1.29 is 4.79 Å². The van der Waals surface area contributed by atoms with Gasteiger partial charge in [0.15, 0.2) is 5.69 Å². The minimum atomic E-state index is -0.476. The minimum Gasteiger partial charge on any atom is -0.267 e. The van der Waals surface area contributed by atoms with Gasteiger partial charge in [-0.3, -0.25) is 9.59 Å². The van der Waals surface area contributed by atoms with Gasteiger partial charge in [-0.1, -0.05) is 56.3 Å². The number of carbonyl (C=O) groups is 1. The van der Waals surface area contributed by atoms with Crippen LogP contribution in [0.1, 0.15) is 48.3 Å². The van der Waals surface area contributed by atoms with Gasteiger partial charge < -0.3 is 0 Å². The van der Waals surface area contributed by atoms with Crippen LogP contribution >= 0.6 is 0 Å². The summed E-state index contributed by atoms with van der Waals surface area (Å²) >= 11 is 0. The number of fused-ring (bicyclic) bond motifs is 1. The van der Waals surface area contributed by atoms with E-state index in [1.165, 1.54) is 5.56 Å². The summed E-state index contributed by atoms with van der Waals surface area (Å²) in [6.07, 6.45) is 0. The second-order valence-corrected chi connectivity index (χ2v) is 6.36. The van der Waals surface area contributed by atoms with Crippen LogP contribution in [0.25, 0.3) is 10.8 Å². The smallest absolute Gasteiger partial charge is 0.267 e. The molecule has 0 radical (unpaired) electrons. The molecule has 0 aliphatic rings. The molecule has 3 rings (SSSR count). The summed E-state index contributed by atoms with van der Waals surface area (Å²) < 4.78 is 0. The molecule has 6 heteroatoms. The van der Waals surface area contributed by atoms with Crippen molar-refractivity contribution in [3.05, 3.63) is 75.7 Å². The van der Waals surface area contributed by atoms with Gasteiger partial charge in [-0.15, -0.1) is 0 Å². The summed E-state index contributed by atoms with van der Waals surface area (Å²) in [6, 6.07) is 14.9. The van der Waals surface area contributed by atoms with E-state index in [-0.39, 0.29) is 11.3 Å². The van der Waals surface area contributed by atoms with E-state index in [1.54, 1.807) is 24.3 Å². The highest BCUT2D eigenvalue weighted by Crippen LogP contribution is 2.15. The number of hydrogen-bond donors (Lipinski definition) is 2. The second kappa shape index (κ2) is 7.31. The second-order valence-electron chi connectivity index (χ2n) is 6.36. The van der Waals surface area contributed by atoms with Gasteiger partial charge in [-0.25, -0.2) is 10.5 Å². The number of benzene rings is 2. The molecule has 1 aromatic heterocycles. The molecule has 1 amide bonds. The Hall–Kier alpha value is -3.28. The largest absolute Gasteiger partial charge is 0.292 e. The first kappa shape index (κ1) is 17.5. The van der Waals surface area contributed by atoms with Crippen molar-refractivity contribution in [3.63, 3.8) is 0 Å². The number of aromatic nitrogens is 2. The normalized spacial score (nSPS) is 11.8. The molecule has 0 saturated heterocycles. The van der Waals surface area contributed by atoms with E-state index in [0.717, 1.165) is 5.56 Å². The Morgan fingerprint density at radius 2 is 1.73 bits per heavy atom. The highest BCUT2D eigenvalue weighted by atomic mass is 16.2. The highest BCUT2D eigenvalue weighted by molar-refractivity contribution is 6.06. The molecule has 0 spiro atoms. The zero-order chi connectivity index (χ0) is 18.7. The van der Waals surface area contributed by atoms with Crippen molar-refractivity contribution in [1.82, 2.24) is 15.6 Å². The fourth-order valence-electron chi connectivity index (χ4n) is 2.65. The van der Waals surface area contributed by atoms with Gasteiger partial charge in [0, 0.05) is 5.39 Å². The number of amides is 1. The number of H-pyrrole nitrogens is 1. The van der Waals surface area contributed by atoms with Crippen LogP contribution in [0.3, 0.4) is 0 Å². The van der Waals surface area contributed by atoms with E-state index in [1.807, 2.05) is 19.1 Å². The molecule has 6 nitrogen and oxygen atoms in total. The van der Waals surface area contributed by atoms with Crippen molar-refractivity contribution >= 4 is 22.4 Å². The number of hydrogen-bond acceptors (Lipinski definition) is 4. The lowest BCUT2D eigenvalue weighted by atomic mass is 10.0. The molecule has 2 N–H and O–H groups in total. The first-order valence-corrected chi connectivity index (χ1v) is 8.39. The third kappa shape index (κ3) is 3.54. The number of rotatable bonds is 4. The molecule has 1 heterocycles. The maximum atomic E-state index is 12.4. The average molecular weight is 348 g/mol. The molecule has 26 heavy (non-hydrogen) atoms. The number of carbonyl (C=O) groups excluding carboxylic acids is 1. The Labute approximate surface area is 151 Å². The lowest BCUT2D eigenvalue weighted by molar-refractivity contribution is 0.0950. The molecule has 0 aliphatic carbocycles. The number of aromatic amines is 1. The van der Waals surface area contributed by atoms with Crippen LogP contribution < -0.4 is 11.0 Å². The standard InChI is InChI=1S/C20H20N4O2/c1-12(2)14-8-10-15(11-9-14)13(3)21-24-20(26)18-16-6-4-5-7-17(16)19(25)23-22-18/h4-12H,1-3H3,(H,23,25)(H,24,26)/b21-13-. The number of nitrogens with zero attached hydrogens (tertiary/aromatic N) is 2. The molecule has 2 aromatic carbocycles. The Kier molecular flexibility index (Phi) is 4.93. The molecule has 0 bridgehead atoms. The predicted molar refractivity (Wildman–Crippen MR) is 103 cm³/mol.